The maximum Gasteiger partial charge on any atom is 0.408 e. The zero-order valence-electron chi connectivity index (χ0n) is 17.3. The van der Waals surface area contributed by atoms with Crippen molar-refractivity contribution in [2.75, 3.05) is 38.2 Å². The van der Waals surface area contributed by atoms with Crippen LogP contribution >= 0.6 is 0 Å². The molecular weight excluding hydrogens is 394 g/mol. The van der Waals surface area contributed by atoms with Crippen LogP contribution in [0, 0.1) is 0 Å². The Hall–Kier alpha value is -2.13. The fourth-order valence-electron chi connectivity index (χ4n) is 3.18. The molecule has 0 saturated carbocycles. The topological polar surface area (TPSA) is 96.0 Å². The molecule has 9 heteroatoms. The molecule has 0 radical (unpaired) electrons. The summed E-state index contributed by atoms with van der Waals surface area (Å²) in [5.74, 6) is -0.456. The first-order chi connectivity index (χ1) is 13.7. The highest BCUT2D eigenvalue weighted by Gasteiger charge is 2.30. The van der Waals surface area contributed by atoms with E-state index in [0.29, 0.717) is 19.1 Å². The molecule has 1 aromatic carbocycles. The molecule has 1 atom stereocenters. The van der Waals surface area contributed by atoms with Crippen LogP contribution in [-0.4, -0.2) is 80.5 Å². The van der Waals surface area contributed by atoms with Gasteiger partial charge in [-0.1, -0.05) is 30.3 Å². The van der Waals surface area contributed by atoms with Crippen molar-refractivity contribution in [3.8, 4) is 0 Å². The zero-order valence-corrected chi connectivity index (χ0v) is 18.2. The highest BCUT2D eigenvalue weighted by atomic mass is 32.2. The molecule has 1 aliphatic rings. The molecule has 1 aliphatic heterocycles. The van der Waals surface area contributed by atoms with Crippen molar-refractivity contribution in [2.45, 2.75) is 39.0 Å². The van der Waals surface area contributed by atoms with Crippen LogP contribution in [0.15, 0.2) is 30.3 Å². The lowest BCUT2D eigenvalue weighted by molar-refractivity contribution is -0.135. The third-order valence-corrected chi connectivity index (χ3v) is 5.91. The zero-order chi connectivity index (χ0) is 21.4. The Morgan fingerprint density at radius 1 is 1.10 bits per heavy atom. The maximum absolute atomic E-state index is 12.9. The van der Waals surface area contributed by atoms with E-state index < -0.39 is 22.0 Å². The molecule has 1 aromatic rings. The number of hydrogen-bond donors (Lipinski definition) is 1. The Labute approximate surface area is 173 Å². The van der Waals surface area contributed by atoms with Gasteiger partial charge in [-0.05, 0) is 25.8 Å². The van der Waals surface area contributed by atoms with Gasteiger partial charge in [-0.25, -0.2) is 13.2 Å². The molecule has 0 aromatic heterocycles. The number of amides is 2. The Balaban J connectivity index is 1.96. The van der Waals surface area contributed by atoms with Gasteiger partial charge in [0, 0.05) is 38.5 Å². The fraction of sp³-hybridized carbons (Fsp3) is 0.600. The normalized spacial score (nSPS) is 16.5. The van der Waals surface area contributed by atoms with Crippen molar-refractivity contribution in [1.29, 1.82) is 0 Å². The van der Waals surface area contributed by atoms with Gasteiger partial charge < -0.3 is 15.0 Å². The summed E-state index contributed by atoms with van der Waals surface area (Å²) in [6.45, 7) is 6.89. The number of ether oxygens (including phenoxy) is 1. The van der Waals surface area contributed by atoms with Crippen LogP contribution in [0.3, 0.4) is 0 Å². The van der Waals surface area contributed by atoms with Crippen LogP contribution in [0.25, 0.3) is 0 Å². The second-order valence-corrected chi connectivity index (χ2v) is 9.89. The number of alkyl carbamates (subject to hydrolysis) is 1. The molecule has 2 rings (SSSR count). The Bertz CT molecular complexity index is 775. The van der Waals surface area contributed by atoms with Crippen LogP contribution in [0.1, 0.15) is 25.8 Å². The largest absolute Gasteiger partial charge is 0.445 e. The highest BCUT2D eigenvalue weighted by Crippen LogP contribution is 2.10. The number of nitrogens with one attached hydrogen (secondary N) is 1. The molecule has 1 saturated heterocycles. The van der Waals surface area contributed by atoms with Crippen molar-refractivity contribution in [3.05, 3.63) is 35.9 Å². The Kier molecular flexibility index (Phi) is 8.45. The van der Waals surface area contributed by atoms with Crippen molar-refractivity contribution in [1.82, 2.24) is 15.1 Å². The molecule has 1 heterocycles. The minimum absolute atomic E-state index is 0.0164. The third-order valence-electron chi connectivity index (χ3n) is 4.94. The molecule has 162 valence electrons. The van der Waals surface area contributed by atoms with Crippen LogP contribution in [0.4, 0.5) is 4.79 Å². The first-order valence-electron chi connectivity index (χ1n) is 9.83. The average molecular weight is 426 g/mol. The van der Waals surface area contributed by atoms with Gasteiger partial charge in [-0.2, -0.15) is 0 Å². The summed E-state index contributed by atoms with van der Waals surface area (Å²) in [4.78, 5) is 29.1. The van der Waals surface area contributed by atoms with E-state index in [-0.39, 0.29) is 24.7 Å². The molecule has 29 heavy (non-hydrogen) atoms. The van der Waals surface area contributed by atoms with Crippen LogP contribution in [0.5, 0.6) is 0 Å². The summed E-state index contributed by atoms with van der Waals surface area (Å²) in [7, 11) is -3.27. The SMILES string of the molecule is CC(C)N1CCN(C(=O)C(CCS(C)(=O)=O)NC(=O)OCc2ccccc2)CC1. The predicted molar refractivity (Wildman–Crippen MR) is 111 cm³/mol. The minimum Gasteiger partial charge on any atom is -0.445 e. The number of piperazine rings is 1. The number of benzene rings is 1. The van der Waals surface area contributed by atoms with E-state index in [1.807, 2.05) is 30.3 Å². The van der Waals surface area contributed by atoms with Gasteiger partial charge in [0.05, 0.1) is 5.75 Å². The van der Waals surface area contributed by atoms with Gasteiger partial charge in [-0.15, -0.1) is 0 Å². The van der Waals surface area contributed by atoms with E-state index in [9.17, 15) is 18.0 Å². The molecule has 0 bridgehead atoms. The summed E-state index contributed by atoms with van der Waals surface area (Å²) in [5, 5.41) is 2.56. The van der Waals surface area contributed by atoms with E-state index in [0.717, 1.165) is 24.9 Å². The van der Waals surface area contributed by atoms with Gasteiger partial charge in [0.1, 0.15) is 22.5 Å². The van der Waals surface area contributed by atoms with Gasteiger partial charge >= 0.3 is 6.09 Å². The molecule has 0 spiro atoms. The molecule has 8 nitrogen and oxygen atoms in total. The van der Waals surface area contributed by atoms with Crippen molar-refractivity contribution >= 4 is 21.8 Å². The van der Waals surface area contributed by atoms with Crippen molar-refractivity contribution in [3.63, 3.8) is 0 Å². The summed E-state index contributed by atoms with van der Waals surface area (Å²) in [6, 6.07) is 8.67. The molecule has 2 amide bonds. The lowest BCUT2D eigenvalue weighted by atomic mass is 10.1. The first kappa shape index (κ1) is 23.2. The number of carbonyl (C=O) groups excluding carboxylic acids is 2. The lowest BCUT2D eigenvalue weighted by Gasteiger charge is -2.38. The first-order valence-corrected chi connectivity index (χ1v) is 11.9. The summed E-state index contributed by atoms with van der Waals surface area (Å²) in [6.07, 6.45) is 0.396. The standard InChI is InChI=1S/C20H31N3O5S/c1-16(2)22-10-12-23(13-11-22)19(24)18(9-14-29(3,26)27)21-20(25)28-15-17-7-5-4-6-8-17/h4-8,16,18H,9-15H2,1-3H3,(H,21,25). The van der Waals surface area contributed by atoms with E-state index in [4.69, 9.17) is 4.74 Å². The quantitative estimate of drug-likeness (QED) is 0.674. The molecule has 0 aliphatic carbocycles. The Morgan fingerprint density at radius 2 is 1.72 bits per heavy atom. The van der Waals surface area contributed by atoms with Gasteiger partial charge in [0.15, 0.2) is 0 Å². The van der Waals surface area contributed by atoms with E-state index >= 15 is 0 Å². The highest BCUT2D eigenvalue weighted by molar-refractivity contribution is 7.90. The average Bonchev–Trinajstić information content (AvgIpc) is 2.69. The second kappa shape index (κ2) is 10.6. The molecule has 1 fully saturated rings. The number of nitrogens with zero attached hydrogens (tertiary/aromatic N) is 2. The minimum atomic E-state index is -3.27. The smallest absolute Gasteiger partial charge is 0.408 e. The molecular formula is C20H31N3O5S. The lowest BCUT2D eigenvalue weighted by Crippen LogP contribution is -2.56. The monoisotopic (exact) mass is 425 g/mol. The van der Waals surface area contributed by atoms with Crippen molar-refractivity contribution < 1.29 is 22.7 Å². The summed E-state index contributed by atoms with van der Waals surface area (Å²) in [5.41, 5.74) is 0.825. The Morgan fingerprint density at radius 3 is 2.28 bits per heavy atom. The number of carbonyl (C=O) groups is 2. The summed E-state index contributed by atoms with van der Waals surface area (Å²) < 4.78 is 28.3. The fourth-order valence-corrected chi connectivity index (χ4v) is 3.84. The van der Waals surface area contributed by atoms with Gasteiger partial charge in [0.25, 0.3) is 0 Å². The number of hydrogen-bond acceptors (Lipinski definition) is 6. The predicted octanol–water partition coefficient (Wildman–Crippen LogP) is 1.27. The van der Waals surface area contributed by atoms with E-state index in [2.05, 4.69) is 24.1 Å². The number of rotatable bonds is 8. The van der Waals surface area contributed by atoms with Crippen LogP contribution < -0.4 is 5.32 Å². The second-order valence-electron chi connectivity index (χ2n) is 7.63. The summed E-state index contributed by atoms with van der Waals surface area (Å²) >= 11 is 0. The van der Waals surface area contributed by atoms with Crippen LogP contribution in [0.2, 0.25) is 0 Å². The van der Waals surface area contributed by atoms with E-state index in [1.54, 1.807) is 4.90 Å². The number of sulfone groups is 1. The van der Waals surface area contributed by atoms with E-state index in [1.165, 1.54) is 0 Å². The molecule has 1 unspecified atom stereocenters. The molecule has 1 N–H and O–H groups in total. The van der Waals surface area contributed by atoms with Crippen LogP contribution in [-0.2, 0) is 26.0 Å². The third kappa shape index (κ3) is 8.02. The van der Waals surface area contributed by atoms with Crippen molar-refractivity contribution in [2.24, 2.45) is 0 Å². The van der Waals surface area contributed by atoms with Gasteiger partial charge in [-0.3, -0.25) is 9.69 Å². The maximum atomic E-state index is 12.9. The van der Waals surface area contributed by atoms with Gasteiger partial charge in [0.2, 0.25) is 5.91 Å².